The maximum absolute atomic E-state index is 5.77. The third kappa shape index (κ3) is 6.08. The molecule has 0 saturated carbocycles. The van der Waals surface area contributed by atoms with E-state index in [-0.39, 0.29) is 6.04 Å². The van der Waals surface area contributed by atoms with E-state index in [1.807, 2.05) is 12.1 Å². The predicted octanol–water partition coefficient (Wildman–Crippen LogP) is 3.41. The number of benzene rings is 1. The van der Waals surface area contributed by atoms with Gasteiger partial charge < -0.3 is 14.8 Å². The maximum Gasteiger partial charge on any atom is 0.118 e. The summed E-state index contributed by atoms with van der Waals surface area (Å²) in [5.41, 5.74) is 1.25. The minimum atomic E-state index is 0.254. The Morgan fingerprint density at radius 2 is 1.79 bits per heavy atom. The molecule has 3 heteroatoms. The van der Waals surface area contributed by atoms with E-state index in [1.165, 1.54) is 5.56 Å². The average molecular weight is 265 g/mol. The molecule has 0 heterocycles. The molecule has 19 heavy (non-hydrogen) atoms. The van der Waals surface area contributed by atoms with Crippen molar-refractivity contribution in [2.45, 2.75) is 33.2 Å². The number of rotatable bonds is 9. The normalized spacial score (nSPS) is 12.7. The summed E-state index contributed by atoms with van der Waals surface area (Å²) in [6.45, 7) is 9.03. The Bertz CT molecular complexity index is 335. The van der Waals surface area contributed by atoms with Crippen LogP contribution < -0.4 is 10.1 Å². The topological polar surface area (TPSA) is 30.5 Å². The van der Waals surface area contributed by atoms with Gasteiger partial charge in [0.25, 0.3) is 0 Å². The SMILES string of the molecule is CCCNC(COCC(C)C)c1ccc(OC)cc1. The summed E-state index contributed by atoms with van der Waals surface area (Å²) in [6, 6.07) is 8.46. The fourth-order valence-corrected chi connectivity index (χ4v) is 1.85. The number of nitrogens with one attached hydrogen (secondary N) is 1. The van der Waals surface area contributed by atoms with E-state index in [4.69, 9.17) is 9.47 Å². The minimum absolute atomic E-state index is 0.254. The van der Waals surface area contributed by atoms with Crippen LogP contribution in [0.4, 0.5) is 0 Å². The van der Waals surface area contributed by atoms with Crippen molar-refractivity contribution in [2.24, 2.45) is 5.92 Å². The molecule has 0 saturated heterocycles. The van der Waals surface area contributed by atoms with Crippen molar-refractivity contribution < 1.29 is 9.47 Å². The van der Waals surface area contributed by atoms with Gasteiger partial charge in [0, 0.05) is 6.61 Å². The van der Waals surface area contributed by atoms with Gasteiger partial charge >= 0.3 is 0 Å². The first-order chi connectivity index (χ1) is 9.17. The fourth-order valence-electron chi connectivity index (χ4n) is 1.85. The maximum atomic E-state index is 5.77. The highest BCUT2D eigenvalue weighted by Gasteiger charge is 2.11. The molecule has 0 spiro atoms. The van der Waals surface area contributed by atoms with Crippen molar-refractivity contribution in [1.29, 1.82) is 0 Å². The van der Waals surface area contributed by atoms with Gasteiger partial charge in [-0.25, -0.2) is 0 Å². The molecule has 0 aliphatic heterocycles. The molecule has 0 aliphatic rings. The van der Waals surface area contributed by atoms with Crippen LogP contribution in [-0.4, -0.2) is 26.9 Å². The summed E-state index contributed by atoms with van der Waals surface area (Å²) >= 11 is 0. The number of hydrogen-bond donors (Lipinski definition) is 1. The van der Waals surface area contributed by atoms with Crippen molar-refractivity contribution in [3.63, 3.8) is 0 Å². The van der Waals surface area contributed by atoms with Gasteiger partial charge in [-0.1, -0.05) is 32.9 Å². The van der Waals surface area contributed by atoms with Gasteiger partial charge in [0.15, 0.2) is 0 Å². The molecular formula is C16H27NO2. The van der Waals surface area contributed by atoms with E-state index in [0.717, 1.165) is 25.3 Å². The fraction of sp³-hybridized carbons (Fsp3) is 0.625. The first kappa shape index (κ1) is 16.0. The zero-order valence-corrected chi connectivity index (χ0v) is 12.6. The Morgan fingerprint density at radius 1 is 1.11 bits per heavy atom. The van der Waals surface area contributed by atoms with Crippen molar-refractivity contribution >= 4 is 0 Å². The van der Waals surface area contributed by atoms with Crippen LogP contribution in [0, 0.1) is 5.92 Å². The number of ether oxygens (including phenoxy) is 2. The number of hydrogen-bond acceptors (Lipinski definition) is 3. The molecular weight excluding hydrogens is 238 g/mol. The Kier molecular flexibility index (Phi) is 7.53. The third-order valence-corrected chi connectivity index (χ3v) is 2.89. The molecule has 3 nitrogen and oxygen atoms in total. The molecule has 1 unspecified atom stereocenters. The standard InChI is InChI=1S/C16H27NO2/c1-5-10-17-16(12-19-11-13(2)3)14-6-8-15(18-4)9-7-14/h6-9,13,16-17H,5,10-12H2,1-4H3. The van der Waals surface area contributed by atoms with E-state index in [9.17, 15) is 0 Å². The summed E-state index contributed by atoms with van der Waals surface area (Å²) in [5.74, 6) is 1.46. The Labute approximate surface area is 117 Å². The van der Waals surface area contributed by atoms with Crippen LogP contribution in [0.1, 0.15) is 38.8 Å². The van der Waals surface area contributed by atoms with Gasteiger partial charge in [0.05, 0.1) is 19.8 Å². The van der Waals surface area contributed by atoms with Crippen LogP contribution >= 0.6 is 0 Å². The molecule has 0 aromatic heterocycles. The van der Waals surface area contributed by atoms with Gasteiger partial charge in [-0.05, 0) is 36.6 Å². The van der Waals surface area contributed by atoms with Gasteiger partial charge in [-0.15, -0.1) is 0 Å². The lowest BCUT2D eigenvalue weighted by Crippen LogP contribution is -2.27. The first-order valence-corrected chi connectivity index (χ1v) is 7.12. The van der Waals surface area contributed by atoms with Gasteiger partial charge in [0.2, 0.25) is 0 Å². The van der Waals surface area contributed by atoms with Gasteiger partial charge in [-0.3, -0.25) is 0 Å². The van der Waals surface area contributed by atoms with Crippen molar-refractivity contribution in [1.82, 2.24) is 5.32 Å². The van der Waals surface area contributed by atoms with Crippen molar-refractivity contribution in [3.8, 4) is 5.75 Å². The molecule has 1 N–H and O–H groups in total. The van der Waals surface area contributed by atoms with Crippen LogP contribution in [0.25, 0.3) is 0 Å². The smallest absolute Gasteiger partial charge is 0.118 e. The molecule has 0 fully saturated rings. The van der Waals surface area contributed by atoms with E-state index in [0.29, 0.717) is 12.5 Å². The summed E-state index contributed by atoms with van der Waals surface area (Å²) in [4.78, 5) is 0. The van der Waals surface area contributed by atoms with Crippen LogP contribution in [0.2, 0.25) is 0 Å². The molecule has 108 valence electrons. The largest absolute Gasteiger partial charge is 0.497 e. The van der Waals surface area contributed by atoms with Crippen molar-refractivity contribution in [3.05, 3.63) is 29.8 Å². The second kappa shape index (κ2) is 8.94. The Balaban J connectivity index is 2.60. The molecule has 0 bridgehead atoms. The van der Waals surface area contributed by atoms with E-state index < -0.39 is 0 Å². The van der Waals surface area contributed by atoms with Gasteiger partial charge in [-0.2, -0.15) is 0 Å². The lowest BCUT2D eigenvalue weighted by atomic mass is 10.1. The van der Waals surface area contributed by atoms with E-state index >= 15 is 0 Å². The Morgan fingerprint density at radius 3 is 2.32 bits per heavy atom. The van der Waals surface area contributed by atoms with E-state index in [2.05, 4.69) is 38.2 Å². The zero-order valence-electron chi connectivity index (χ0n) is 12.6. The quantitative estimate of drug-likeness (QED) is 0.742. The highest BCUT2D eigenvalue weighted by atomic mass is 16.5. The monoisotopic (exact) mass is 265 g/mol. The summed E-state index contributed by atoms with van der Waals surface area (Å²) in [7, 11) is 1.69. The molecule has 0 amide bonds. The predicted molar refractivity (Wildman–Crippen MR) is 79.7 cm³/mol. The second-order valence-corrected chi connectivity index (χ2v) is 5.21. The Hall–Kier alpha value is -1.06. The zero-order chi connectivity index (χ0) is 14.1. The van der Waals surface area contributed by atoms with Crippen LogP contribution in [0.15, 0.2) is 24.3 Å². The summed E-state index contributed by atoms with van der Waals surface area (Å²) in [5, 5.41) is 3.53. The molecule has 0 radical (unpaired) electrons. The number of methoxy groups -OCH3 is 1. The van der Waals surface area contributed by atoms with Crippen LogP contribution in [-0.2, 0) is 4.74 Å². The highest BCUT2D eigenvalue weighted by molar-refractivity contribution is 5.29. The minimum Gasteiger partial charge on any atom is -0.497 e. The van der Waals surface area contributed by atoms with Crippen molar-refractivity contribution in [2.75, 3.05) is 26.9 Å². The molecule has 1 atom stereocenters. The third-order valence-electron chi connectivity index (χ3n) is 2.89. The lowest BCUT2D eigenvalue weighted by molar-refractivity contribution is 0.0901. The first-order valence-electron chi connectivity index (χ1n) is 7.12. The molecule has 1 rings (SSSR count). The van der Waals surface area contributed by atoms with Gasteiger partial charge in [0.1, 0.15) is 5.75 Å². The van der Waals surface area contributed by atoms with E-state index in [1.54, 1.807) is 7.11 Å². The average Bonchev–Trinajstić information content (AvgIpc) is 2.42. The second-order valence-electron chi connectivity index (χ2n) is 5.21. The summed E-state index contributed by atoms with van der Waals surface area (Å²) in [6.07, 6.45) is 1.12. The van der Waals surface area contributed by atoms with Crippen LogP contribution in [0.5, 0.6) is 5.75 Å². The van der Waals surface area contributed by atoms with Crippen LogP contribution in [0.3, 0.4) is 0 Å². The lowest BCUT2D eigenvalue weighted by Gasteiger charge is -2.20. The highest BCUT2D eigenvalue weighted by Crippen LogP contribution is 2.18. The molecule has 0 aliphatic carbocycles. The summed E-state index contributed by atoms with van der Waals surface area (Å²) < 4.78 is 11.0. The molecule has 1 aromatic rings. The molecule has 1 aromatic carbocycles.